The van der Waals surface area contributed by atoms with Crippen molar-refractivity contribution in [1.29, 1.82) is 0 Å². The van der Waals surface area contributed by atoms with E-state index in [2.05, 4.69) is 0 Å². The highest BCUT2D eigenvalue weighted by atomic mass is 32.2. The minimum Gasteiger partial charge on any atom is -0.494 e. The lowest BCUT2D eigenvalue weighted by Crippen LogP contribution is -2.40. The first-order valence-electron chi connectivity index (χ1n) is 11.3. The maximum Gasteiger partial charge on any atom is 0.309 e. The second kappa shape index (κ2) is 10.4. The summed E-state index contributed by atoms with van der Waals surface area (Å²) in [5, 5.41) is 1.98. The van der Waals surface area contributed by atoms with Gasteiger partial charge in [-0.25, -0.2) is 8.42 Å². The second-order valence-electron chi connectivity index (χ2n) is 8.18. The highest BCUT2D eigenvalue weighted by Gasteiger charge is 2.33. The summed E-state index contributed by atoms with van der Waals surface area (Å²) in [5.41, 5.74) is 0.489. The van der Waals surface area contributed by atoms with Crippen LogP contribution in [0.1, 0.15) is 30.1 Å². The fourth-order valence-corrected chi connectivity index (χ4v) is 5.53. The van der Waals surface area contributed by atoms with Crippen LogP contribution < -0.4 is 4.74 Å². The molecule has 1 fully saturated rings. The standard InChI is InChI=1S/C26H27NO6S/c1-2-32-23-9-11-24(12-10-23)34(30,31)27-15-13-20(14-16-27)26(29)33-18-25(28)22-8-7-19-5-3-4-6-21(19)17-22/h3-12,17,20H,2,13-16,18H2,1H3. The van der Waals surface area contributed by atoms with Gasteiger partial charge in [0, 0.05) is 18.7 Å². The molecule has 178 valence electrons. The number of hydrogen-bond acceptors (Lipinski definition) is 6. The number of benzene rings is 3. The van der Waals surface area contributed by atoms with Gasteiger partial charge in [0.05, 0.1) is 17.4 Å². The smallest absolute Gasteiger partial charge is 0.309 e. The monoisotopic (exact) mass is 481 g/mol. The van der Waals surface area contributed by atoms with E-state index in [0.29, 0.717) is 30.8 Å². The maximum atomic E-state index is 12.9. The Morgan fingerprint density at radius 1 is 0.941 bits per heavy atom. The summed E-state index contributed by atoms with van der Waals surface area (Å²) in [7, 11) is -3.65. The Bertz CT molecular complexity index is 1280. The van der Waals surface area contributed by atoms with Crippen LogP contribution in [0.2, 0.25) is 0 Å². The Labute approximate surface area is 199 Å². The Morgan fingerprint density at radius 2 is 1.62 bits per heavy atom. The molecule has 34 heavy (non-hydrogen) atoms. The first kappa shape index (κ1) is 23.9. The molecule has 0 atom stereocenters. The summed E-state index contributed by atoms with van der Waals surface area (Å²) in [6, 6.07) is 19.4. The number of carbonyl (C=O) groups is 2. The summed E-state index contributed by atoms with van der Waals surface area (Å²) in [6.45, 7) is 2.46. The number of ketones is 1. The average molecular weight is 482 g/mol. The van der Waals surface area contributed by atoms with Crippen molar-refractivity contribution < 1.29 is 27.5 Å². The summed E-state index contributed by atoms with van der Waals surface area (Å²) >= 11 is 0. The van der Waals surface area contributed by atoms with E-state index in [0.717, 1.165) is 10.8 Å². The molecule has 0 bridgehead atoms. The molecule has 4 rings (SSSR count). The lowest BCUT2D eigenvalue weighted by Gasteiger charge is -2.30. The number of Topliss-reactive ketones (excluding diaryl/α,β-unsaturated/α-hetero) is 1. The number of sulfonamides is 1. The lowest BCUT2D eigenvalue weighted by molar-refractivity contribution is -0.148. The Hall–Kier alpha value is -3.23. The molecule has 0 unspecified atom stereocenters. The summed E-state index contributed by atoms with van der Waals surface area (Å²) in [4.78, 5) is 25.2. The third-order valence-electron chi connectivity index (χ3n) is 5.98. The molecule has 0 spiro atoms. The van der Waals surface area contributed by atoms with Crippen LogP contribution in [0, 0.1) is 5.92 Å². The first-order valence-corrected chi connectivity index (χ1v) is 12.7. The number of esters is 1. The van der Waals surface area contributed by atoms with E-state index in [9.17, 15) is 18.0 Å². The van der Waals surface area contributed by atoms with E-state index in [1.54, 1.807) is 24.3 Å². The zero-order valence-electron chi connectivity index (χ0n) is 19.0. The Balaban J connectivity index is 1.30. The number of hydrogen-bond donors (Lipinski definition) is 0. The molecule has 0 amide bonds. The number of nitrogens with zero attached hydrogens (tertiary/aromatic N) is 1. The zero-order valence-corrected chi connectivity index (χ0v) is 19.8. The van der Waals surface area contributed by atoms with E-state index in [-0.39, 0.29) is 30.4 Å². The molecule has 0 N–H and O–H groups in total. The van der Waals surface area contributed by atoms with E-state index in [1.807, 2.05) is 37.3 Å². The molecule has 0 aromatic heterocycles. The van der Waals surface area contributed by atoms with Gasteiger partial charge in [-0.15, -0.1) is 0 Å². The van der Waals surface area contributed by atoms with Gasteiger partial charge in [-0.1, -0.05) is 36.4 Å². The van der Waals surface area contributed by atoms with E-state index >= 15 is 0 Å². The minimum absolute atomic E-state index is 0.193. The largest absolute Gasteiger partial charge is 0.494 e. The van der Waals surface area contributed by atoms with Crippen molar-refractivity contribution >= 4 is 32.5 Å². The van der Waals surface area contributed by atoms with Gasteiger partial charge < -0.3 is 9.47 Å². The molecule has 1 saturated heterocycles. The van der Waals surface area contributed by atoms with Crippen LogP contribution in [-0.4, -0.2) is 50.8 Å². The zero-order chi connectivity index (χ0) is 24.1. The van der Waals surface area contributed by atoms with Crippen LogP contribution in [0.5, 0.6) is 5.75 Å². The van der Waals surface area contributed by atoms with E-state index in [1.165, 1.54) is 16.4 Å². The highest BCUT2D eigenvalue weighted by Crippen LogP contribution is 2.26. The molecule has 1 aliphatic rings. The van der Waals surface area contributed by atoms with E-state index in [4.69, 9.17) is 9.47 Å². The normalized spacial score (nSPS) is 15.2. The SMILES string of the molecule is CCOc1ccc(S(=O)(=O)N2CCC(C(=O)OCC(=O)c3ccc4ccccc4c3)CC2)cc1. The van der Waals surface area contributed by atoms with Crippen molar-refractivity contribution in [3.63, 3.8) is 0 Å². The number of carbonyl (C=O) groups excluding carboxylic acids is 2. The van der Waals surface area contributed by atoms with Gasteiger partial charge in [0.2, 0.25) is 10.0 Å². The number of ether oxygens (including phenoxy) is 2. The quantitative estimate of drug-likeness (QED) is 0.356. The van der Waals surface area contributed by atoms with Crippen molar-refractivity contribution in [3.8, 4) is 5.75 Å². The molecular formula is C26H27NO6S. The van der Waals surface area contributed by atoms with Gasteiger partial charge in [0.25, 0.3) is 0 Å². The summed E-state index contributed by atoms with van der Waals surface area (Å²) in [6.07, 6.45) is 0.693. The van der Waals surface area contributed by atoms with Crippen molar-refractivity contribution in [2.24, 2.45) is 5.92 Å². The van der Waals surface area contributed by atoms with Crippen LogP contribution in [-0.2, 0) is 19.6 Å². The number of rotatable bonds is 8. The summed E-state index contributed by atoms with van der Waals surface area (Å²) in [5.74, 6) is -0.556. The molecule has 1 aliphatic heterocycles. The fourth-order valence-electron chi connectivity index (χ4n) is 4.06. The highest BCUT2D eigenvalue weighted by molar-refractivity contribution is 7.89. The van der Waals surface area contributed by atoms with Crippen LogP contribution in [0.3, 0.4) is 0 Å². The topological polar surface area (TPSA) is 90.0 Å². The molecule has 8 heteroatoms. The third-order valence-corrected chi connectivity index (χ3v) is 7.89. The average Bonchev–Trinajstić information content (AvgIpc) is 2.87. The molecule has 7 nitrogen and oxygen atoms in total. The Kier molecular flexibility index (Phi) is 7.29. The molecule has 0 aliphatic carbocycles. The fraction of sp³-hybridized carbons (Fsp3) is 0.308. The molecule has 3 aromatic carbocycles. The minimum atomic E-state index is -3.65. The summed E-state index contributed by atoms with van der Waals surface area (Å²) < 4.78 is 37.9. The van der Waals surface area contributed by atoms with Gasteiger partial charge in [-0.3, -0.25) is 9.59 Å². The molecule has 1 heterocycles. The molecule has 0 radical (unpaired) electrons. The molecule has 3 aromatic rings. The van der Waals surface area contributed by atoms with Gasteiger partial charge >= 0.3 is 5.97 Å². The number of piperidine rings is 1. The van der Waals surface area contributed by atoms with Gasteiger partial charge in [0.1, 0.15) is 5.75 Å². The number of fused-ring (bicyclic) bond motifs is 1. The maximum absolute atomic E-state index is 12.9. The second-order valence-corrected chi connectivity index (χ2v) is 10.1. The Morgan fingerprint density at radius 3 is 2.29 bits per heavy atom. The molecular weight excluding hydrogens is 454 g/mol. The first-order chi connectivity index (χ1) is 16.4. The van der Waals surface area contributed by atoms with Crippen molar-refractivity contribution in [2.75, 3.05) is 26.3 Å². The van der Waals surface area contributed by atoms with Crippen molar-refractivity contribution in [3.05, 3.63) is 72.3 Å². The predicted molar refractivity (Wildman–Crippen MR) is 128 cm³/mol. The van der Waals surface area contributed by atoms with Crippen LogP contribution in [0.4, 0.5) is 0 Å². The molecule has 0 saturated carbocycles. The van der Waals surface area contributed by atoms with Crippen molar-refractivity contribution in [1.82, 2.24) is 4.31 Å². The van der Waals surface area contributed by atoms with Crippen LogP contribution in [0.25, 0.3) is 10.8 Å². The lowest BCUT2D eigenvalue weighted by atomic mass is 9.98. The van der Waals surface area contributed by atoms with Crippen molar-refractivity contribution in [2.45, 2.75) is 24.7 Å². The van der Waals surface area contributed by atoms with Gasteiger partial charge in [-0.2, -0.15) is 4.31 Å². The van der Waals surface area contributed by atoms with Gasteiger partial charge in [-0.05, 0) is 60.9 Å². The van der Waals surface area contributed by atoms with Crippen LogP contribution in [0.15, 0.2) is 71.6 Å². The van der Waals surface area contributed by atoms with Gasteiger partial charge in [0.15, 0.2) is 12.4 Å². The van der Waals surface area contributed by atoms with E-state index < -0.39 is 21.9 Å². The van der Waals surface area contributed by atoms with Crippen LogP contribution >= 0.6 is 0 Å². The third kappa shape index (κ3) is 5.29. The predicted octanol–water partition coefficient (Wildman–Crippen LogP) is 4.07.